The van der Waals surface area contributed by atoms with E-state index in [1.807, 2.05) is 18.2 Å². The molecule has 0 aliphatic carbocycles. The van der Waals surface area contributed by atoms with Gasteiger partial charge >= 0.3 is 0 Å². The second kappa shape index (κ2) is 8.77. The van der Waals surface area contributed by atoms with Crippen molar-refractivity contribution in [3.63, 3.8) is 0 Å². The van der Waals surface area contributed by atoms with E-state index >= 15 is 0 Å². The van der Waals surface area contributed by atoms with Crippen LogP contribution in [0.5, 0.6) is 11.5 Å². The molecule has 1 aromatic heterocycles. The topological polar surface area (TPSA) is 56.6 Å². The summed E-state index contributed by atoms with van der Waals surface area (Å²) in [5.41, 5.74) is 2.23. The highest BCUT2D eigenvalue weighted by molar-refractivity contribution is 5.93. The van der Waals surface area contributed by atoms with Crippen LogP contribution in [0.4, 0.5) is 4.39 Å². The summed E-state index contributed by atoms with van der Waals surface area (Å²) in [6.07, 6.45) is 0.653. The normalized spacial score (nSPS) is 10.7. The lowest BCUT2D eigenvalue weighted by molar-refractivity contribution is 0.0786. The van der Waals surface area contributed by atoms with Crippen LogP contribution in [0.2, 0.25) is 0 Å². The molecule has 1 amide bonds. The molecule has 29 heavy (non-hydrogen) atoms. The maximum absolute atomic E-state index is 14.0. The van der Waals surface area contributed by atoms with Gasteiger partial charge < -0.3 is 14.4 Å². The molecule has 0 saturated heterocycles. The zero-order valence-electron chi connectivity index (χ0n) is 17.0. The number of aromatic nitrogens is 2. The first-order valence-electron chi connectivity index (χ1n) is 9.20. The number of hydrogen-bond donors (Lipinski definition) is 0. The smallest absolute Gasteiger partial charge is 0.271 e. The number of amides is 1. The first-order chi connectivity index (χ1) is 13.9. The highest BCUT2D eigenvalue weighted by Crippen LogP contribution is 2.28. The molecule has 0 fully saturated rings. The van der Waals surface area contributed by atoms with Gasteiger partial charge in [0.15, 0.2) is 11.5 Å². The predicted molar refractivity (Wildman–Crippen MR) is 109 cm³/mol. The maximum Gasteiger partial charge on any atom is 0.271 e. The molecule has 0 atom stereocenters. The van der Waals surface area contributed by atoms with Crippen molar-refractivity contribution in [3.8, 4) is 22.8 Å². The van der Waals surface area contributed by atoms with Crippen molar-refractivity contribution in [3.05, 3.63) is 65.6 Å². The number of carbonyl (C=O) groups excluding carboxylic acids is 1. The van der Waals surface area contributed by atoms with Crippen LogP contribution >= 0.6 is 0 Å². The minimum Gasteiger partial charge on any atom is -0.493 e. The third-order valence-corrected chi connectivity index (χ3v) is 4.78. The number of rotatable bonds is 7. The molecule has 0 N–H and O–H groups in total. The standard InChI is InChI=1S/C22H24FN3O3/c1-25(12-11-15-9-10-20(28-3)21(13-15)29-4)22(27)19-14-18(24-26(19)2)16-7-5-6-8-17(16)23/h5-10,13-14H,11-12H2,1-4H3. The molecule has 3 rings (SSSR count). The molecule has 0 spiro atoms. The van der Waals surface area contributed by atoms with Gasteiger partial charge in [-0.05, 0) is 42.3 Å². The summed E-state index contributed by atoms with van der Waals surface area (Å²) in [5.74, 6) is 0.769. The average Bonchev–Trinajstić information content (AvgIpc) is 3.12. The van der Waals surface area contributed by atoms with Crippen LogP contribution in [-0.4, -0.2) is 48.4 Å². The van der Waals surface area contributed by atoms with Gasteiger partial charge in [0.25, 0.3) is 5.91 Å². The lowest BCUT2D eigenvalue weighted by Gasteiger charge is -2.17. The molecule has 7 heteroatoms. The summed E-state index contributed by atoms with van der Waals surface area (Å²) in [7, 11) is 6.60. The fraction of sp³-hybridized carbons (Fsp3) is 0.273. The van der Waals surface area contributed by atoms with Gasteiger partial charge in [-0.2, -0.15) is 5.10 Å². The van der Waals surface area contributed by atoms with E-state index in [9.17, 15) is 9.18 Å². The number of aryl methyl sites for hydroxylation is 1. The van der Waals surface area contributed by atoms with Crippen molar-refractivity contribution in [2.75, 3.05) is 27.8 Å². The summed E-state index contributed by atoms with van der Waals surface area (Å²) in [4.78, 5) is 14.5. The number of ether oxygens (including phenoxy) is 2. The molecule has 3 aromatic rings. The van der Waals surface area contributed by atoms with E-state index in [0.29, 0.717) is 41.4 Å². The zero-order valence-corrected chi connectivity index (χ0v) is 17.0. The van der Waals surface area contributed by atoms with E-state index in [0.717, 1.165) is 5.56 Å². The lowest BCUT2D eigenvalue weighted by Crippen LogP contribution is -2.30. The molecule has 0 aliphatic heterocycles. The second-order valence-electron chi connectivity index (χ2n) is 6.68. The quantitative estimate of drug-likeness (QED) is 0.612. The van der Waals surface area contributed by atoms with Gasteiger partial charge in [-0.3, -0.25) is 9.48 Å². The predicted octanol–water partition coefficient (Wildman–Crippen LogP) is 3.56. The zero-order chi connectivity index (χ0) is 21.0. The Morgan fingerprint density at radius 3 is 2.52 bits per heavy atom. The summed E-state index contributed by atoms with van der Waals surface area (Å²) in [6, 6.07) is 13.7. The molecule has 0 unspecified atom stereocenters. The van der Waals surface area contributed by atoms with Crippen molar-refractivity contribution < 1.29 is 18.7 Å². The fourth-order valence-corrected chi connectivity index (χ4v) is 3.10. The van der Waals surface area contributed by atoms with Gasteiger partial charge in [-0.15, -0.1) is 0 Å². The molecular weight excluding hydrogens is 373 g/mol. The minimum absolute atomic E-state index is 0.178. The molecular formula is C22H24FN3O3. The Bertz CT molecular complexity index is 1020. The fourth-order valence-electron chi connectivity index (χ4n) is 3.10. The van der Waals surface area contributed by atoms with Crippen LogP contribution in [0, 0.1) is 5.82 Å². The minimum atomic E-state index is -0.369. The monoisotopic (exact) mass is 397 g/mol. The number of methoxy groups -OCH3 is 2. The van der Waals surface area contributed by atoms with E-state index in [1.54, 1.807) is 57.5 Å². The van der Waals surface area contributed by atoms with Gasteiger partial charge in [0.1, 0.15) is 11.5 Å². The molecule has 6 nitrogen and oxygen atoms in total. The lowest BCUT2D eigenvalue weighted by atomic mass is 10.1. The number of carbonyl (C=O) groups is 1. The molecule has 152 valence electrons. The summed E-state index contributed by atoms with van der Waals surface area (Å²) >= 11 is 0. The second-order valence-corrected chi connectivity index (χ2v) is 6.68. The Morgan fingerprint density at radius 2 is 1.83 bits per heavy atom. The maximum atomic E-state index is 14.0. The number of nitrogens with zero attached hydrogens (tertiary/aromatic N) is 3. The first-order valence-corrected chi connectivity index (χ1v) is 9.20. The number of hydrogen-bond acceptors (Lipinski definition) is 4. The Labute approximate surface area is 169 Å². The van der Waals surface area contributed by atoms with E-state index in [2.05, 4.69) is 5.10 Å². The SMILES string of the molecule is COc1ccc(CCN(C)C(=O)c2cc(-c3ccccc3F)nn2C)cc1OC. The van der Waals surface area contributed by atoms with Crippen LogP contribution in [-0.2, 0) is 13.5 Å². The number of benzene rings is 2. The van der Waals surface area contributed by atoms with Gasteiger partial charge in [-0.25, -0.2) is 4.39 Å². The van der Waals surface area contributed by atoms with Gasteiger partial charge in [-0.1, -0.05) is 18.2 Å². The Morgan fingerprint density at radius 1 is 1.10 bits per heavy atom. The van der Waals surface area contributed by atoms with E-state index in [4.69, 9.17) is 9.47 Å². The largest absolute Gasteiger partial charge is 0.493 e. The summed E-state index contributed by atoms with van der Waals surface area (Å²) < 4.78 is 26.1. The van der Waals surface area contributed by atoms with Crippen molar-refractivity contribution in [1.29, 1.82) is 0 Å². The van der Waals surface area contributed by atoms with Crippen LogP contribution in [0.15, 0.2) is 48.5 Å². The van der Waals surface area contributed by atoms with Crippen molar-refractivity contribution in [2.45, 2.75) is 6.42 Å². The summed E-state index contributed by atoms with van der Waals surface area (Å²) in [5, 5.41) is 4.30. The van der Waals surface area contributed by atoms with E-state index < -0.39 is 0 Å². The Hall–Kier alpha value is -3.35. The molecule has 0 aliphatic rings. The third kappa shape index (κ3) is 4.39. The van der Waals surface area contributed by atoms with Crippen LogP contribution < -0.4 is 9.47 Å². The molecule has 0 bridgehead atoms. The first kappa shape index (κ1) is 20.4. The molecule has 2 aromatic carbocycles. The van der Waals surface area contributed by atoms with Gasteiger partial charge in [0, 0.05) is 26.2 Å². The van der Waals surface area contributed by atoms with Gasteiger partial charge in [0.2, 0.25) is 0 Å². The third-order valence-electron chi connectivity index (χ3n) is 4.78. The number of likely N-dealkylation sites (N-methyl/N-ethyl adjacent to an activating group) is 1. The van der Waals surface area contributed by atoms with Crippen molar-refractivity contribution in [2.24, 2.45) is 7.05 Å². The van der Waals surface area contributed by atoms with Gasteiger partial charge in [0.05, 0.1) is 19.9 Å². The highest BCUT2D eigenvalue weighted by atomic mass is 19.1. The van der Waals surface area contributed by atoms with E-state index in [-0.39, 0.29) is 11.7 Å². The molecule has 0 saturated carbocycles. The number of halogens is 1. The Kier molecular flexibility index (Phi) is 6.16. The van der Waals surface area contributed by atoms with E-state index in [1.165, 1.54) is 10.7 Å². The van der Waals surface area contributed by atoms with Crippen LogP contribution in [0.1, 0.15) is 16.1 Å². The highest BCUT2D eigenvalue weighted by Gasteiger charge is 2.19. The average molecular weight is 397 g/mol. The molecule has 0 radical (unpaired) electrons. The van der Waals surface area contributed by atoms with Crippen molar-refractivity contribution >= 4 is 5.91 Å². The molecule has 1 heterocycles. The Balaban J connectivity index is 1.72. The van der Waals surface area contributed by atoms with Crippen LogP contribution in [0.25, 0.3) is 11.3 Å². The van der Waals surface area contributed by atoms with Crippen LogP contribution in [0.3, 0.4) is 0 Å². The van der Waals surface area contributed by atoms with Crippen molar-refractivity contribution in [1.82, 2.24) is 14.7 Å². The summed E-state index contributed by atoms with van der Waals surface area (Å²) in [6.45, 7) is 0.508.